The Labute approximate surface area is 104 Å². The minimum Gasteiger partial charge on any atom is -0.327 e. The molecular weight excluding hydrogens is 274 g/mol. The molecule has 0 spiro atoms. The van der Waals surface area contributed by atoms with Crippen LogP contribution in [0, 0.1) is 0 Å². The number of aryl methyl sites for hydroxylation is 2. The van der Waals surface area contributed by atoms with Crippen LogP contribution in [0.2, 0.25) is 0 Å². The smallest absolute Gasteiger partial charge is 0.0766 e. The number of rotatable bonds is 5. The number of aromatic nitrogens is 2. The Morgan fingerprint density at radius 1 is 1.60 bits per heavy atom. The van der Waals surface area contributed by atoms with Crippen molar-refractivity contribution in [3.05, 3.63) is 15.9 Å². The average molecular weight is 292 g/mol. The molecular formula is C10H18BrN3S. The van der Waals surface area contributed by atoms with Gasteiger partial charge in [0, 0.05) is 25.3 Å². The van der Waals surface area contributed by atoms with Gasteiger partial charge in [-0.15, -0.1) is 0 Å². The molecule has 0 aromatic carbocycles. The molecule has 0 radical (unpaired) electrons. The lowest BCUT2D eigenvalue weighted by Gasteiger charge is -2.10. The van der Waals surface area contributed by atoms with E-state index in [1.807, 2.05) is 11.7 Å². The first-order chi connectivity index (χ1) is 7.10. The molecule has 86 valence electrons. The van der Waals surface area contributed by atoms with Crippen molar-refractivity contribution in [1.29, 1.82) is 0 Å². The van der Waals surface area contributed by atoms with Gasteiger partial charge in [-0.05, 0) is 28.6 Å². The monoisotopic (exact) mass is 291 g/mol. The van der Waals surface area contributed by atoms with Gasteiger partial charge in [-0.2, -0.15) is 16.9 Å². The van der Waals surface area contributed by atoms with Crippen LogP contribution < -0.4 is 5.73 Å². The summed E-state index contributed by atoms with van der Waals surface area (Å²) in [5.41, 5.74) is 8.34. The van der Waals surface area contributed by atoms with Crippen molar-refractivity contribution in [2.75, 3.05) is 12.0 Å². The van der Waals surface area contributed by atoms with Crippen molar-refractivity contribution >= 4 is 27.7 Å². The van der Waals surface area contributed by atoms with E-state index in [0.29, 0.717) is 0 Å². The van der Waals surface area contributed by atoms with Crippen LogP contribution in [0.5, 0.6) is 0 Å². The van der Waals surface area contributed by atoms with Crippen molar-refractivity contribution < 1.29 is 0 Å². The predicted octanol–water partition coefficient (Wildman–Crippen LogP) is 1.98. The zero-order chi connectivity index (χ0) is 11.4. The molecule has 1 unspecified atom stereocenters. The maximum Gasteiger partial charge on any atom is 0.0766 e. The molecule has 0 aliphatic carbocycles. The fourth-order valence-corrected chi connectivity index (χ4v) is 2.89. The second-order valence-corrected chi connectivity index (χ2v) is 5.31. The van der Waals surface area contributed by atoms with E-state index in [2.05, 4.69) is 34.2 Å². The van der Waals surface area contributed by atoms with Gasteiger partial charge in [0.05, 0.1) is 15.9 Å². The number of hydrogen-bond donors (Lipinski definition) is 1. The normalized spacial score (nSPS) is 13.1. The Bertz CT molecular complexity index is 325. The lowest BCUT2D eigenvalue weighted by atomic mass is 10.2. The number of nitrogens with two attached hydrogens (primary N) is 1. The summed E-state index contributed by atoms with van der Waals surface area (Å²) in [6.07, 6.45) is 3.91. The Kier molecular flexibility index (Phi) is 5.15. The zero-order valence-electron chi connectivity index (χ0n) is 9.46. The van der Waals surface area contributed by atoms with Crippen LogP contribution >= 0.6 is 27.7 Å². The minimum absolute atomic E-state index is 0.205. The molecule has 1 rings (SSSR count). The summed E-state index contributed by atoms with van der Waals surface area (Å²) >= 11 is 5.38. The third-order valence-electron chi connectivity index (χ3n) is 2.34. The summed E-state index contributed by atoms with van der Waals surface area (Å²) in [7, 11) is 1.98. The maximum atomic E-state index is 6.02. The Morgan fingerprint density at radius 2 is 2.27 bits per heavy atom. The molecule has 1 aromatic heterocycles. The number of thioether (sulfide) groups is 1. The fourth-order valence-electron chi connectivity index (χ4n) is 1.56. The predicted molar refractivity (Wildman–Crippen MR) is 70.3 cm³/mol. The standard InChI is InChI=1S/C10H18BrN3S/c1-4-8-10(11)9(14(2)13-8)5-7(12)6-15-3/h7H,4-6,12H2,1-3H3. The van der Waals surface area contributed by atoms with E-state index in [-0.39, 0.29) is 6.04 Å². The van der Waals surface area contributed by atoms with Crippen LogP contribution in [-0.4, -0.2) is 27.8 Å². The first kappa shape index (κ1) is 13.1. The number of halogens is 1. The summed E-state index contributed by atoms with van der Waals surface area (Å²) < 4.78 is 3.06. The first-order valence-corrected chi connectivity index (χ1v) is 7.23. The van der Waals surface area contributed by atoms with Crippen molar-refractivity contribution in [3.63, 3.8) is 0 Å². The van der Waals surface area contributed by atoms with Crippen molar-refractivity contribution in [3.8, 4) is 0 Å². The highest BCUT2D eigenvalue weighted by atomic mass is 79.9. The molecule has 3 nitrogen and oxygen atoms in total. The second kappa shape index (κ2) is 5.92. The van der Waals surface area contributed by atoms with Gasteiger partial charge in [0.1, 0.15) is 0 Å². The molecule has 0 aliphatic rings. The molecule has 0 aliphatic heterocycles. The summed E-state index contributed by atoms with van der Waals surface area (Å²) in [5.74, 6) is 0.985. The van der Waals surface area contributed by atoms with Crippen LogP contribution in [0.3, 0.4) is 0 Å². The van der Waals surface area contributed by atoms with Crippen LogP contribution in [0.15, 0.2) is 4.47 Å². The summed E-state index contributed by atoms with van der Waals surface area (Å²) in [6.45, 7) is 2.11. The van der Waals surface area contributed by atoms with Crippen LogP contribution in [0.4, 0.5) is 0 Å². The Balaban J connectivity index is 2.80. The summed E-state index contributed by atoms with van der Waals surface area (Å²) in [5, 5.41) is 4.45. The SMILES string of the molecule is CCc1nn(C)c(CC(N)CSC)c1Br. The molecule has 1 atom stereocenters. The molecule has 0 saturated carbocycles. The van der Waals surface area contributed by atoms with E-state index < -0.39 is 0 Å². The Morgan fingerprint density at radius 3 is 2.73 bits per heavy atom. The minimum atomic E-state index is 0.205. The highest BCUT2D eigenvalue weighted by Gasteiger charge is 2.14. The molecule has 1 heterocycles. The number of nitrogens with zero attached hydrogens (tertiary/aromatic N) is 2. The van der Waals surface area contributed by atoms with Crippen molar-refractivity contribution in [1.82, 2.24) is 9.78 Å². The largest absolute Gasteiger partial charge is 0.327 e. The first-order valence-electron chi connectivity index (χ1n) is 5.04. The van der Waals surface area contributed by atoms with Gasteiger partial charge in [0.25, 0.3) is 0 Å². The fraction of sp³-hybridized carbons (Fsp3) is 0.700. The van der Waals surface area contributed by atoms with E-state index >= 15 is 0 Å². The van der Waals surface area contributed by atoms with Crippen molar-refractivity contribution in [2.24, 2.45) is 12.8 Å². The molecule has 1 aromatic rings. The lowest BCUT2D eigenvalue weighted by Crippen LogP contribution is -2.26. The van der Waals surface area contributed by atoms with Gasteiger partial charge in [0.2, 0.25) is 0 Å². The van der Waals surface area contributed by atoms with Crippen LogP contribution in [-0.2, 0) is 19.9 Å². The van der Waals surface area contributed by atoms with Crippen molar-refractivity contribution in [2.45, 2.75) is 25.8 Å². The molecule has 0 amide bonds. The van der Waals surface area contributed by atoms with Gasteiger partial charge in [-0.3, -0.25) is 4.68 Å². The third kappa shape index (κ3) is 3.23. The van der Waals surface area contributed by atoms with E-state index in [1.165, 1.54) is 5.69 Å². The highest BCUT2D eigenvalue weighted by molar-refractivity contribution is 9.10. The van der Waals surface area contributed by atoms with Gasteiger partial charge < -0.3 is 5.73 Å². The van der Waals surface area contributed by atoms with E-state index in [1.54, 1.807) is 11.8 Å². The van der Waals surface area contributed by atoms with Crippen LogP contribution in [0.25, 0.3) is 0 Å². The molecule has 15 heavy (non-hydrogen) atoms. The molecule has 0 saturated heterocycles. The lowest BCUT2D eigenvalue weighted by molar-refractivity contribution is 0.649. The zero-order valence-corrected chi connectivity index (χ0v) is 11.9. The van der Waals surface area contributed by atoms with Gasteiger partial charge in [0.15, 0.2) is 0 Å². The van der Waals surface area contributed by atoms with E-state index in [4.69, 9.17) is 5.73 Å². The molecule has 0 bridgehead atoms. The maximum absolute atomic E-state index is 6.02. The quantitative estimate of drug-likeness (QED) is 0.902. The van der Waals surface area contributed by atoms with E-state index in [0.717, 1.165) is 28.8 Å². The number of hydrogen-bond acceptors (Lipinski definition) is 3. The molecule has 0 fully saturated rings. The van der Waals surface area contributed by atoms with Gasteiger partial charge in [-0.25, -0.2) is 0 Å². The summed E-state index contributed by atoms with van der Waals surface area (Å²) in [6, 6.07) is 0.205. The second-order valence-electron chi connectivity index (χ2n) is 3.60. The molecule has 5 heteroatoms. The third-order valence-corrected chi connectivity index (χ3v) is 4.02. The topological polar surface area (TPSA) is 43.8 Å². The molecule has 2 N–H and O–H groups in total. The highest BCUT2D eigenvalue weighted by Crippen LogP contribution is 2.22. The van der Waals surface area contributed by atoms with Crippen LogP contribution in [0.1, 0.15) is 18.3 Å². The van der Waals surface area contributed by atoms with Gasteiger partial charge in [-0.1, -0.05) is 6.92 Å². The average Bonchev–Trinajstić information content (AvgIpc) is 2.45. The summed E-state index contributed by atoms with van der Waals surface area (Å²) in [4.78, 5) is 0. The Hall–Kier alpha value is -0.000000000000000111. The van der Waals surface area contributed by atoms with Gasteiger partial charge >= 0.3 is 0 Å². The van der Waals surface area contributed by atoms with E-state index in [9.17, 15) is 0 Å².